The number of aryl methyl sites for hydroxylation is 1. The Labute approximate surface area is 163 Å². The van der Waals surface area contributed by atoms with E-state index in [1.807, 2.05) is 30.3 Å². The molecule has 1 atom stereocenters. The number of ether oxygens (including phenoxy) is 1. The van der Waals surface area contributed by atoms with Gasteiger partial charge in [0.15, 0.2) is 5.11 Å². The smallest absolute Gasteiger partial charge is 0.279 e. The van der Waals surface area contributed by atoms with E-state index in [0.29, 0.717) is 17.6 Å². The molecule has 1 aliphatic carbocycles. The van der Waals surface area contributed by atoms with Crippen molar-refractivity contribution >= 4 is 34.6 Å². The van der Waals surface area contributed by atoms with Crippen molar-refractivity contribution in [1.29, 1.82) is 0 Å². The van der Waals surface area contributed by atoms with Gasteiger partial charge in [0, 0.05) is 11.4 Å². The lowest BCUT2D eigenvalue weighted by molar-refractivity contribution is 0.0947. The SMILES string of the molecule is COc1ccc(CNC(=S)NNC(=O)c2cc3c(s2)CC[C@H](C)C3)cc1. The van der Waals surface area contributed by atoms with Gasteiger partial charge in [-0.05, 0) is 66.7 Å². The van der Waals surface area contributed by atoms with Crippen molar-refractivity contribution in [2.45, 2.75) is 32.7 Å². The molecule has 1 aromatic carbocycles. The van der Waals surface area contributed by atoms with Gasteiger partial charge >= 0.3 is 0 Å². The summed E-state index contributed by atoms with van der Waals surface area (Å²) in [6, 6.07) is 9.73. The number of thiocarbonyl (C=S) groups is 1. The van der Waals surface area contributed by atoms with E-state index in [4.69, 9.17) is 17.0 Å². The van der Waals surface area contributed by atoms with Crippen LogP contribution in [0.1, 0.15) is 39.0 Å². The lowest BCUT2D eigenvalue weighted by atomic mass is 9.90. The second-order valence-electron chi connectivity index (χ2n) is 6.52. The predicted molar refractivity (Wildman–Crippen MR) is 109 cm³/mol. The first-order valence-corrected chi connectivity index (χ1v) is 9.86. The molecule has 2 aromatic rings. The molecule has 1 aromatic heterocycles. The Morgan fingerprint density at radius 3 is 2.81 bits per heavy atom. The number of hydrogen-bond donors (Lipinski definition) is 3. The summed E-state index contributed by atoms with van der Waals surface area (Å²) in [6.45, 7) is 2.83. The zero-order chi connectivity index (χ0) is 18.5. The van der Waals surface area contributed by atoms with Crippen LogP contribution in [0.5, 0.6) is 5.75 Å². The summed E-state index contributed by atoms with van der Waals surface area (Å²) in [5.74, 6) is 1.36. The van der Waals surface area contributed by atoms with Crippen LogP contribution in [-0.4, -0.2) is 18.1 Å². The van der Waals surface area contributed by atoms with Crippen LogP contribution in [0.2, 0.25) is 0 Å². The van der Waals surface area contributed by atoms with Gasteiger partial charge in [-0.3, -0.25) is 15.6 Å². The summed E-state index contributed by atoms with van der Waals surface area (Å²) in [7, 11) is 1.64. The number of thiophene rings is 1. The monoisotopic (exact) mass is 389 g/mol. The van der Waals surface area contributed by atoms with Crippen LogP contribution >= 0.6 is 23.6 Å². The molecule has 0 spiro atoms. The second-order valence-corrected chi connectivity index (χ2v) is 8.06. The Bertz CT molecular complexity index is 787. The second kappa shape index (κ2) is 8.51. The average molecular weight is 390 g/mol. The maximum Gasteiger partial charge on any atom is 0.279 e. The third-order valence-electron chi connectivity index (χ3n) is 4.45. The van der Waals surface area contributed by atoms with Crippen molar-refractivity contribution in [2.24, 2.45) is 5.92 Å². The molecule has 1 aliphatic rings. The molecular formula is C19H23N3O2S2. The van der Waals surface area contributed by atoms with Crippen LogP contribution in [0.3, 0.4) is 0 Å². The normalized spacial score (nSPS) is 15.7. The molecule has 0 unspecified atom stereocenters. The fourth-order valence-corrected chi connectivity index (χ4v) is 4.19. The minimum atomic E-state index is -0.148. The minimum absolute atomic E-state index is 0.148. The Balaban J connectivity index is 1.46. The van der Waals surface area contributed by atoms with Crippen molar-refractivity contribution in [3.8, 4) is 5.75 Å². The Morgan fingerprint density at radius 2 is 2.08 bits per heavy atom. The zero-order valence-corrected chi connectivity index (χ0v) is 16.6. The molecule has 0 radical (unpaired) electrons. The number of carbonyl (C=O) groups is 1. The Kier molecular flexibility index (Phi) is 6.11. The molecule has 3 rings (SSSR count). The molecule has 5 nitrogen and oxygen atoms in total. The van der Waals surface area contributed by atoms with Crippen molar-refractivity contribution in [3.05, 3.63) is 51.2 Å². The lowest BCUT2D eigenvalue weighted by Gasteiger charge is -2.16. The highest BCUT2D eigenvalue weighted by Crippen LogP contribution is 2.32. The molecule has 1 amide bonds. The fraction of sp³-hybridized carbons (Fsp3) is 0.368. The third kappa shape index (κ3) is 4.74. The molecule has 0 saturated heterocycles. The number of hydrazine groups is 1. The Morgan fingerprint density at radius 1 is 1.31 bits per heavy atom. The number of carbonyl (C=O) groups excluding carboxylic acids is 1. The first kappa shape index (κ1) is 18.7. The van der Waals surface area contributed by atoms with Gasteiger partial charge in [0.2, 0.25) is 0 Å². The number of nitrogens with one attached hydrogen (secondary N) is 3. The van der Waals surface area contributed by atoms with Gasteiger partial charge in [0.25, 0.3) is 5.91 Å². The van der Waals surface area contributed by atoms with Crippen LogP contribution in [0, 0.1) is 5.92 Å². The highest BCUT2D eigenvalue weighted by Gasteiger charge is 2.20. The van der Waals surface area contributed by atoms with E-state index < -0.39 is 0 Å². The molecule has 0 fully saturated rings. The van der Waals surface area contributed by atoms with E-state index in [1.165, 1.54) is 16.9 Å². The first-order chi connectivity index (χ1) is 12.5. The Hall–Kier alpha value is -2.12. The van der Waals surface area contributed by atoms with Crippen LogP contribution in [0.4, 0.5) is 0 Å². The summed E-state index contributed by atoms with van der Waals surface area (Å²) in [5.41, 5.74) is 7.83. The van der Waals surface area contributed by atoms with Gasteiger partial charge in [0.05, 0.1) is 12.0 Å². The van der Waals surface area contributed by atoms with E-state index in [2.05, 4.69) is 23.1 Å². The van der Waals surface area contributed by atoms with Crippen LogP contribution in [-0.2, 0) is 19.4 Å². The zero-order valence-electron chi connectivity index (χ0n) is 14.9. The van der Waals surface area contributed by atoms with Gasteiger partial charge in [-0.1, -0.05) is 19.1 Å². The molecular weight excluding hydrogens is 366 g/mol. The van der Waals surface area contributed by atoms with Crippen molar-refractivity contribution < 1.29 is 9.53 Å². The molecule has 0 saturated carbocycles. The molecule has 7 heteroatoms. The maximum atomic E-state index is 12.3. The first-order valence-electron chi connectivity index (χ1n) is 8.64. The number of methoxy groups -OCH3 is 1. The third-order valence-corrected chi connectivity index (χ3v) is 5.94. The lowest BCUT2D eigenvalue weighted by Crippen LogP contribution is -2.46. The standard InChI is InChI=1S/C19H23N3O2S2/c1-12-3-8-16-14(9-12)10-17(26-16)18(23)21-22-19(25)20-11-13-4-6-15(24-2)7-5-13/h4-7,10,12H,3,8-9,11H2,1-2H3,(H,21,23)(H2,20,22,25)/t12-/m0/s1. The van der Waals surface area contributed by atoms with E-state index >= 15 is 0 Å². The van der Waals surface area contributed by atoms with Gasteiger partial charge in [-0.25, -0.2) is 0 Å². The van der Waals surface area contributed by atoms with E-state index in [-0.39, 0.29) is 5.91 Å². The highest BCUT2D eigenvalue weighted by atomic mass is 32.1. The number of rotatable bonds is 4. The molecule has 26 heavy (non-hydrogen) atoms. The molecule has 3 N–H and O–H groups in total. The minimum Gasteiger partial charge on any atom is -0.497 e. The van der Waals surface area contributed by atoms with Gasteiger partial charge in [-0.2, -0.15) is 0 Å². The number of hydrogen-bond acceptors (Lipinski definition) is 4. The number of benzene rings is 1. The summed E-state index contributed by atoms with van der Waals surface area (Å²) < 4.78 is 5.13. The van der Waals surface area contributed by atoms with E-state index in [9.17, 15) is 4.79 Å². The van der Waals surface area contributed by atoms with Gasteiger partial charge < -0.3 is 10.1 Å². The molecule has 1 heterocycles. The van der Waals surface area contributed by atoms with Crippen molar-refractivity contribution in [3.63, 3.8) is 0 Å². The molecule has 0 aliphatic heterocycles. The van der Waals surface area contributed by atoms with Crippen molar-refractivity contribution in [2.75, 3.05) is 7.11 Å². The van der Waals surface area contributed by atoms with Gasteiger partial charge in [0.1, 0.15) is 5.75 Å². The van der Waals surface area contributed by atoms with Crippen LogP contribution < -0.4 is 20.9 Å². The predicted octanol–water partition coefficient (Wildman–Crippen LogP) is 3.19. The quantitative estimate of drug-likeness (QED) is 0.554. The molecule has 138 valence electrons. The summed E-state index contributed by atoms with van der Waals surface area (Å²) in [5, 5.41) is 3.44. The van der Waals surface area contributed by atoms with Crippen molar-refractivity contribution in [1.82, 2.24) is 16.2 Å². The fourth-order valence-electron chi connectivity index (χ4n) is 2.96. The summed E-state index contributed by atoms with van der Waals surface area (Å²) >= 11 is 6.80. The van der Waals surface area contributed by atoms with E-state index in [1.54, 1.807) is 18.4 Å². The number of fused-ring (bicyclic) bond motifs is 1. The summed E-state index contributed by atoms with van der Waals surface area (Å²) in [4.78, 5) is 14.4. The molecule has 0 bridgehead atoms. The van der Waals surface area contributed by atoms with Crippen LogP contribution in [0.15, 0.2) is 30.3 Å². The largest absolute Gasteiger partial charge is 0.497 e. The van der Waals surface area contributed by atoms with E-state index in [0.717, 1.165) is 29.0 Å². The average Bonchev–Trinajstić information content (AvgIpc) is 3.08. The van der Waals surface area contributed by atoms with Gasteiger partial charge in [-0.15, -0.1) is 11.3 Å². The summed E-state index contributed by atoms with van der Waals surface area (Å²) in [6.07, 6.45) is 3.34. The topological polar surface area (TPSA) is 62.4 Å². The highest BCUT2D eigenvalue weighted by molar-refractivity contribution is 7.80. The number of amides is 1. The van der Waals surface area contributed by atoms with Crippen LogP contribution in [0.25, 0.3) is 0 Å². The maximum absolute atomic E-state index is 12.3.